The molecule has 63 nitrogen and oxygen atoms in total. The van der Waals surface area contributed by atoms with Gasteiger partial charge in [0.15, 0.2) is 69.2 Å². The Morgan fingerprint density at radius 3 is 0.727 bits per heavy atom. The fourth-order valence-corrected chi connectivity index (χ4v) is 18.5. The van der Waals surface area contributed by atoms with Gasteiger partial charge in [0, 0.05) is 48.5 Å². The van der Waals surface area contributed by atoms with Crippen LogP contribution in [0.4, 0.5) is 0 Å². The van der Waals surface area contributed by atoms with Crippen LogP contribution in [0.5, 0.6) is 0 Å². The Bertz CT molecular complexity index is 4050. The van der Waals surface area contributed by atoms with Crippen LogP contribution in [-0.2, 0) is 133 Å². The highest BCUT2D eigenvalue weighted by Gasteiger charge is 2.63. The predicted molar refractivity (Wildman–Crippen MR) is 444 cm³/mol. The lowest BCUT2D eigenvalue weighted by Gasteiger charge is -2.52. The predicted octanol–water partition coefficient (Wildman–Crippen LogP) is -24.0. The standard InChI is InChI=1S/C80H133N7O56/c1-19(97)81-37-55(115)62(31(13-93)125-70(37)122)136-75-42(86-24(6)102)56(116)64(32(14-94)131-75)139-78-61(121)67(50(110)36(134-78)18-124-79-68(142-74-41(85-23(5)101)54(114)47(107)29(11-91)129-74)58(118)48(108)35(135-79)17-123-71-38(82-20(2)98)51(111)44(104)26(8-88)126-71)141-80-69(59(119)65(34(16-96)133-80)137-72-39(83-21(3)99)52(112)45(105)27(9-89)127-72)143-76-43(87-25(7)103)57(117)63(33(15-95)132-76)138-77-60(120)66(49(109)30(12-92)130-77)140-73-40(84-22(4)100)53(113)46(106)28(10-90)128-73/h26-80,88-96,104-122H,8-18H2,1-7H3,(H,81,97)(H,82,98)(H,83,99)(H,84,100)(H,85,101)(H,86,102)(H,87,103)/t26-,27-,28-,29-,30-,31-,32-,33-,34-,35-,36-,37-,38-,39-,40-,41-,42-,43-,44-,45-,46-,47-,48-,49+,50-,51-,52-,53-,54-,55-,56-,57-,58+,59+,60-,61+,62-,63-,64-,65-,66+,67+,68+,69+,70-,71-,72+,73+,74+,75+,76+,77+,78+,79+,80-/m1/s1. The molecule has 7 amide bonds. The molecule has 0 aromatic heterocycles. The van der Waals surface area contributed by atoms with Crippen molar-refractivity contribution in [3.05, 3.63) is 0 Å². The molecular formula is C80H133N7O56. The quantitative estimate of drug-likeness (QED) is 0.0273. The summed E-state index contributed by atoms with van der Waals surface area (Å²) < 4.78 is 128. The van der Waals surface area contributed by atoms with Gasteiger partial charge >= 0.3 is 0 Å². The molecule has 0 unspecified atom stereocenters. The highest BCUT2D eigenvalue weighted by atomic mass is 16.8. The van der Waals surface area contributed by atoms with Crippen molar-refractivity contribution in [2.45, 2.75) is 386 Å². The number of carbonyl (C=O) groups excluding carboxylic acids is 7. The van der Waals surface area contributed by atoms with E-state index in [1.807, 2.05) is 0 Å². The number of amides is 7. The first kappa shape index (κ1) is 118. The van der Waals surface area contributed by atoms with Gasteiger partial charge in [-0.15, -0.1) is 0 Å². The molecule has 0 aromatic carbocycles. The Hall–Kier alpha value is -5.67. The number of rotatable bonds is 38. The van der Waals surface area contributed by atoms with E-state index in [0.29, 0.717) is 0 Å². The van der Waals surface area contributed by atoms with Crippen LogP contribution in [0.2, 0.25) is 0 Å². The summed E-state index contributed by atoms with van der Waals surface area (Å²) in [6.45, 7) is -6.30. The van der Waals surface area contributed by atoms with E-state index in [1.165, 1.54) is 0 Å². The van der Waals surface area contributed by atoms with Crippen LogP contribution in [0, 0.1) is 0 Å². The molecule has 11 aliphatic rings. The minimum absolute atomic E-state index is 0.836. The van der Waals surface area contributed by atoms with Crippen LogP contribution in [0.1, 0.15) is 48.5 Å². The molecule has 11 aliphatic heterocycles. The number of nitrogens with one attached hydrogen (secondary N) is 7. The monoisotopic (exact) mass is 2090 g/mol. The van der Waals surface area contributed by atoms with E-state index in [-0.39, 0.29) is 0 Å². The van der Waals surface area contributed by atoms with Crippen molar-refractivity contribution < 1.29 is 276 Å². The second kappa shape index (κ2) is 51.9. The lowest BCUT2D eigenvalue weighted by Crippen LogP contribution is -2.71. The van der Waals surface area contributed by atoms with Gasteiger partial charge in [0.05, 0.1) is 72.7 Å². The maximum Gasteiger partial charge on any atom is 0.217 e. The average Bonchev–Trinajstić information content (AvgIpc) is 0.743. The molecule has 63 heteroatoms. The van der Waals surface area contributed by atoms with Crippen LogP contribution in [0.3, 0.4) is 0 Å². The third-order valence-corrected chi connectivity index (χ3v) is 25.8. The molecule has 824 valence electrons. The number of hydrogen-bond acceptors (Lipinski definition) is 56. The molecule has 143 heavy (non-hydrogen) atoms. The molecule has 55 atom stereocenters. The molecule has 11 fully saturated rings. The first-order chi connectivity index (χ1) is 67.6. The Labute approximate surface area is 810 Å². The third-order valence-electron chi connectivity index (χ3n) is 25.8. The maximum absolute atomic E-state index is 13.6. The fraction of sp³-hybridized carbons (Fsp3) is 0.912. The molecule has 0 aromatic rings. The molecule has 0 bridgehead atoms. The minimum Gasteiger partial charge on any atom is -0.394 e. The number of aliphatic hydroxyl groups excluding tert-OH is 28. The summed E-state index contributed by atoms with van der Waals surface area (Å²) in [7, 11) is 0. The molecule has 0 aliphatic carbocycles. The van der Waals surface area contributed by atoms with Crippen molar-refractivity contribution >= 4 is 41.4 Å². The largest absolute Gasteiger partial charge is 0.394 e. The van der Waals surface area contributed by atoms with E-state index < -0.39 is 451 Å². The van der Waals surface area contributed by atoms with Gasteiger partial charge in [-0.2, -0.15) is 0 Å². The first-order valence-electron chi connectivity index (χ1n) is 45.6. The zero-order valence-electron chi connectivity index (χ0n) is 77.5. The van der Waals surface area contributed by atoms with E-state index in [1.54, 1.807) is 0 Å². The SMILES string of the molecule is CC(=O)N[C@@H]1[C@@H](O)[C@H](O[C@@H]2O[C@H](CO)[C@@H](O[C@@H]3O[C@H](CO[C@H]4O[C@H](CO[C@@H]5O[C@H](CO)[C@@H](O)[C@H](O)[C@H]5NC(C)=O)[C@@H](O)[C@H](O)[C@@H]4O[C@@H]4O[C@H](CO)[C@@H](O)[C@H](O)[C@H]4NC(C)=O)[C@@H](O)[C@H](O[C@H]4O[C@H](CO)[C@@H](O[C@@H]5O[C@H](CO)[C@@H](O)[C@H](O)[C@H]5NC(C)=O)[C@H](O)[C@@H]4O[C@@H]4O[C@H](CO)[C@@H](O[C@@H]5O[C@H](CO)[C@H](O)[C@H](O[C@@H]6O[C@H](CO)[C@@H](O)[C@H](O)[C@H]6NC(C)=O)[C@H]5O)[C@H](O)[C@H]4NC(C)=O)[C@@H]3O)[C@H](O)[C@H]2NC(C)=O)[C@@H](CO)O[C@H]1O. The lowest BCUT2D eigenvalue weighted by molar-refractivity contribution is -0.406. The zero-order chi connectivity index (χ0) is 105. The fourth-order valence-electron chi connectivity index (χ4n) is 18.5. The summed E-state index contributed by atoms with van der Waals surface area (Å²) >= 11 is 0. The summed E-state index contributed by atoms with van der Waals surface area (Å²) in [5.41, 5.74) is 0. The number of carbonyl (C=O) groups is 7. The van der Waals surface area contributed by atoms with Gasteiger partial charge in [0.25, 0.3) is 0 Å². The molecule has 0 radical (unpaired) electrons. The number of hydrogen-bond donors (Lipinski definition) is 35. The minimum atomic E-state index is -2.78. The topological polar surface area (TPSA) is 964 Å². The molecule has 11 rings (SSSR count). The van der Waals surface area contributed by atoms with E-state index in [9.17, 15) is 177 Å². The van der Waals surface area contributed by atoms with Crippen molar-refractivity contribution in [2.24, 2.45) is 0 Å². The summed E-state index contributed by atoms with van der Waals surface area (Å²) in [5, 5.41) is 337. The Balaban J connectivity index is 1.00. The van der Waals surface area contributed by atoms with Crippen LogP contribution in [0.15, 0.2) is 0 Å². The van der Waals surface area contributed by atoms with Gasteiger partial charge in [-0.3, -0.25) is 33.6 Å². The molecule has 11 heterocycles. The second-order valence-corrected chi connectivity index (χ2v) is 36.0. The van der Waals surface area contributed by atoms with E-state index >= 15 is 0 Å². The van der Waals surface area contributed by atoms with Crippen molar-refractivity contribution in [1.82, 2.24) is 37.2 Å². The van der Waals surface area contributed by atoms with Gasteiger partial charge in [-0.1, -0.05) is 0 Å². The van der Waals surface area contributed by atoms with E-state index in [0.717, 1.165) is 48.5 Å². The van der Waals surface area contributed by atoms with E-state index in [4.69, 9.17) is 99.5 Å². The smallest absolute Gasteiger partial charge is 0.217 e. The highest BCUT2D eigenvalue weighted by Crippen LogP contribution is 2.42. The van der Waals surface area contributed by atoms with Gasteiger partial charge in [0.1, 0.15) is 268 Å². The van der Waals surface area contributed by atoms with Gasteiger partial charge < -0.3 is 280 Å². The zero-order valence-corrected chi connectivity index (χ0v) is 77.5. The summed E-state index contributed by atoms with van der Waals surface area (Å²) in [6, 6.07) is -13.2. The number of ether oxygens (including phenoxy) is 21. The van der Waals surface area contributed by atoms with Crippen LogP contribution in [-0.4, -0.2) is 594 Å². The molecule has 35 N–H and O–H groups in total. The lowest BCUT2D eigenvalue weighted by atomic mass is 9.93. The maximum atomic E-state index is 13.6. The van der Waals surface area contributed by atoms with Gasteiger partial charge in [-0.25, -0.2) is 0 Å². The van der Waals surface area contributed by atoms with Crippen molar-refractivity contribution in [3.8, 4) is 0 Å². The molecule has 0 spiro atoms. The van der Waals surface area contributed by atoms with Crippen molar-refractivity contribution in [2.75, 3.05) is 72.7 Å². The summed E-state index contributed by atoms with van der Waals surface area (Å²) in [6.07, 6.45) is -105. The van der Waals surface area contributed by atoms with Crippen molar-refractivity contribution in [1.29, 1.82) is 0 Å². The van der Waals surface area contributed by atoms with Gasteiger partial charge in [0.2, 0.25) is 41.4 Å². The molecule has 0 saturated carbocycles. The van der Waals surface area contributed by atoms with Crippen molar-refractivity contribution in [3.63, 3.8) is 0 Å². The Kier molecular flexibility index (Phi) is 42.7. The third kappa shape index (κ3) is 26.9. The van der Waals surface area contributed by atoms with Crippen LogP contribution < -0.4 is 37.2 Å². The first-order valence-corrected chi connectivity index (χ1v) is 45.6. The second-order valence-electron chi connectivity index (χ2n) is 36.0. The highest BCUT2D eigenvalue weighted by molar-refractivity contribution is 5.75. The van der Waals surface area contributed by atoms with Gasteiger partial charge in [-0.05, 0) is 0 Å². The van der Waals surface area contributed by atoms with E-state index in [2.05, 4.69) is 37.2 Å². The Morgan fingerprint density at radius 1 is 0.182 bits per heavy atom. The van der Waals surface area contributed by atoms with Crippen LogP contribution >= 0.6 is 0 Å². The number of aliphatic hydroxyl groups is 28. The molecular weight excluding hydrogens is 1950 g/mol. The Morgan fingerprint density at radius 2 is 0.385 bits per heavy atom. The average molecular weight is 2090 g/mol. The normalized spacial score (nSPS) is 47.3. The summed E-state index contributed by atoms with van der Waals surface area (Å²) in [4.78, 5) is 89.9. The van der Waals surface area contributed by atoms with Crippen LogP contribution in [0.25, 0.3) is 0 Å². The molecule has 11 saturated heterocycles. The summed E-state index contributed by atoms with van der Waals surface area (Å²) in [5.74, 6) is -6.54.